The molecule has 0 saturated carbocycles. The Bertz CT molecular complexity index is 1290. The summed E-state index contributed by atoms with van der Waals surface area (Å²) in [5.74, 6) is -0.113. The molecule has 0 bridgehead atoms. The number of carbonyl (C=O) groups excluding carboxylic acids is 1. The average molecular weight is 461 g/mol. The summed E-state index contributed by atoms with van der Waals surface area (Å²) in [5.41, 5.74) is 8.42. The third-order valence-electron chi connectivity index (χ3n) is 6.23. The van der Waals surface area contributed by atoms with Crippen LogP contribution in [0.4, 0.5) is 0 Å². The maximum atomic E-state index is 13.3. The van der Waals surface area contributed by atoms with Crippen LogP contribution in [0.15, 0.2) is 102 Å². The summed E-state index contributed by atoms with van der Waals surface area (Å²) in [6.07, 6.45) is 1.91. The van der Waals surface area contributed by atoms with Crippen molar-refractivity contribution in [1.82, 2.24) is 5.32 Å². The van der Waals surface area contributed by atoms with Crippen LogP contribution in [0.5, 0.6) is 0 Å². The first-order valence-electron chi connectivity index (χ1n) is 12.0. The molecule has 0 saturated heterocycles. The van der Waals surface area contributed by atoms with Crippen molar-refractivity contribution >= 4 is 12.1 Å². The van der Waals surface area contributed by atoms with E-state index in [9.17, 15) is 4.79 Å². The zero-order valence-corrected chi connectivity index (χ0v) is 20.8. The van der Waals surface area contributed by atoms with Crippen LogP contribution >= 0.6 is 0 Å². The molecule has 0 spiro atoms. The molecular formula is C32H32N2O. The Balaban J connectivity index is 1.76. The van der Waals surface area contributed by atoms with Crippen molar-refractivity contribution in [3.8, 4) is 0 Å². The molecule has 0 aliphatic heterocycles. The van der Waals surface area contributed by atoms with Crippen LogP contribution in [0, 0.1) is 27.7 Å². The third-order valence-corrected chi connectivity index (χ3v) is 6.23. The van der Waals surface area contributed by atoms with E-state index in [0.717, 1.165) is 22.3 Å². The summed E-state index contributed by atoms with van der Waals surface area (Å²) in [4.78, 5) is 18.4. The Morgan fingerprint density at radius 1 is 0.629 bits per heavy atom. The predicted molar refractivity (Wildman–Crippen MR) is 145 cm³/mol. The van der Waals surface area contributed by atoms with Crippen LogP contribution in [-0.4, -0.2) is 12.1 Å². The first-order chi connectivity index (χ1) is 16.9. The largest absolute Gasteiger partial charge is 0.343 e. The number of amides is 1. The molecule has 35 heavy (non-hydrogen) atoms. The van der Waals surface area contributed by atoms with Crippen molar-refractivity contribution in [1.29, 1.82) is 0 Å². The van der Waals surface area contributed by atoms with E-state index < -0.39 is 0 Å². The molecule has 0 fully saturated rings. The second-order valence-electron chi connectivity index (χ2n) is 9.27. The summed E-state index contributed by atoms with van der Waals surface area (Å²) >= 11 is 0. The van der Waals surface area contributed by atoms with Gasteiger partial charge in [-0.05, 0) is 56.5 Å². The number of carbonyl (C=O) groups is 1. The standard InChI is InChI=1S/C32H32N2O/c1-22-5-13-26(14-6-22)21-33-30(27-15-7-23(2)8-16-27)31(28-17-9-24(3)10-18-28)34-32(35)29-19-11-25(4)12-20-29/h5-21,30-31H,1-4H3,(H,34,35). The fourth-order valence-corrected chi connectivity index (χ4v) is 3.99. The summed E-state index contributed by atoms with van der Waals surface area (Å²) in [7, 11) is 0. The first-order valence-corrected chi connectivity index (χ1v) is 12.0. The molecule has 3 heteroatoms. The minimum atomic E-state index is -0.339. The van der Waals surface area contributed by atoms with Crippen molar-refractivity contribution in [2.45, 2.75) is 39.8 Å². The minimum absolute atomic E-state index is 0.113. The molecule has 0 heterocycles. The van der Waals surface area contributed by atoms with Gasteiger partial charge in [0, 0.05) is 11.8 Å². The fourth-order valence-electron chi connectivity index (χ4n) is 3.99. The molecule has 3 nitrogen and oxygen atoms in total. The molecule has 0 radical (unpaired) electrons. The van der Waals surface area contributed by atoms with Gasteiger partial charge in [-0.15, -0.1) is 0 Å². The van der Waals surface area contributed by atoms with E-state index in [1.165, 1.54) is 16.7 Å². The topological polar surface area (TPSA) is 41.5 Å². The lowest BCUT2D eigenvalue weighted by Crippen LogP contribution is -2.32. The van der Waals surface area contributed by atoms with E-state index in [0.29, 0.717) is 5.56 Å². The summed E-state index contributed by atoms with van der Waals surface area (Å²) in [6, 6.07) is 32.0. The molecular weight excluding hydrogens is 428 g/mol. The lowest BCUT2D eigenvalue weighted by atomic mass is 9.92. The molecule has 2 atom stereocenters. The van der Waals surface area contributed by atoms with E-state index in [4.69, 9.17) is 4.99 Å². The number of rotatable bonds is 7. The molecule has 0 aliphatic rings. The molecule has 176 valence electrons. The molecule has 1 N–H and O–H groups in total. The number of hydrogen-bond acceptors (Lipinski definition) is 2. The molecule has 0 aromatic heterocycles. The number of aliphatic imine (C=N–C) groups is 1. The molecule has 4 aromatic carbocycles. The minimum Gasteiger partial charge on any atom is -0.343 e. The van der Waals surface area contributed by atoms with Gasteiger partial charge in [-0.1, -0.05) is 107 Å². The highest BCUT2D eigenvalue weighted by Gasteiger charge is 2.26. The number of hydrogen-bond donors (Lipinski definition) is 1. The monoisotopic (exact) mass is 460 g/mol. The van der Waals surface area contributed by atoms with Gasteiger partial charge in [-0.25, -0.2) is 0 Å². The van der Waals surface area contributed by atoms with Crippen LogP contribution in [0.25, 0.3) is 0 Å². The Labute approximate surface area is 208 Å². The Kier molecular flexibility index (Phi) is 7.57. The molecule has 0 aliphatic carbocycles. The van der Waals surface area contributed by atoms with Gasteiger partial charge in [0.1, 0.15) is 0 Å². The lowest BCUT2D eigenvalue weighted by molar-refractivity contribution is 0.0930. The van der Waals surface area contributed by atoms with Crippen molar-refractivity contribution < 1.29 is 4.79 Å². The Morgan fingerprint density at radius 2 is 1.06 bits per heavy atom. The van der Waals surface area contributed by atoms with Gasteiger partial charge >= 0.3 is 0 Å². The number of benzene rings is 4. The molecule has 4 aromatic rings. The highest BCUT2D eigenvalue weighted by molar-refractivity contribution is 5.94. The highest BCUT2D eigenvalue weighted by Crippen LogP contribution is 2.33. The van der Waals surface area contributed by atoms with Crippen LogP contribution in [-0.2, 0) is 0 Å². The first kappa shape index (κ1) is 24.2. The van der Waals surface area contributed by atoms with Gasteiger partial charge in [0.05, 0.1) is 12.1 Å². The van der Waals surface area contributed by atoms with Crippen LogP contribution in [0.2, 0.25) is 0 Å². The van der Waals surface area contributed by atoms with E-state index in [-0.39, 0.29) is 18.0 Å². The second kappa shape index (κ2) is 11.0. The number of nitrogens with zero attached hydrogens (tertiary/aromatic N) is 1. The van der Waals surface area contributed by atoms with E-state index in [2.05, 4.69) is 98.9 Å². The zero-order chi connectivity index (χ0) is 24.8. The zero-order valence-electron chi connectivity index (χ0n) is 20.8. The van der Waals surface area contributed by atoms with Gasteiger partial charge in [0.2, 0.25) is 0 Å². The fraction of sp³-hybridized carbons (Fsp3) is 0.188. The van der Waals surface area contributed by atoms with Gasteiger partial charge in [-0.2, -0.15) is 0 Å². The van der Waals surface area contributed by atoms with Crippen LogP contribution in [0.3, 0.4) is 0 Å². The van der Waals surface area contributed by atoms with Gasteiger partial charge < -0.3 is 5.32 Å². The molecule has 4 rings (SSSR count). The maximum Gasteiger partial charge on any atom is 0.251 e. The highest BCUT2D eigenvalue weighted by atomic mass is 16.1. The van der Waals surface area contributed by atoms with Crippen LogP contribution < -0.4 is 5.32 Å². The average Bonchev–Trinajstić information content (AvgIpc) is 2.86. The lowest BCUT2D eigenvalue weighted by Gasteiger charge is -2.27. The third kappa shape index (κ3) is 6.33. The van der Waals surface area contributed by atoms with Crippen molar-refractivity contribution in [2.75, 3.05) is 0 Å². The quantitative estimate of drug-likeness (QED) is 0.290. The van der Waals surface area contributed by atoms with E-state index in [1.807, 2.05) is 37.4 Å². The van der Waals surface area contributed by atoms with Gasteiger partial charge in [-0.3, -0.25) is 9.79 Å². The Hall–Kier alpha value is -3.98. The van der Waals surface area contributed by atoms with E-state index >= 15 is 0 Å². The van der Waals surface area contributed by atoms with Crippen molar-refractivity contribution in [3.63, 3.8) is 0 Å². The summed E-state index contributed by atoms with van der Waals surface area (Å²) in [5, 5.41) is 3.29. The van der Waals surface area contributed by atoms with E-state index in [1.54, 1.807) is 0 Å². The van der Waals surface area contributed by atoms with Gasteiger partial charge in [0.25, 0.3) is 5.91 Å². The van der Waals surface area contributed by atoms with Crippen molar-refractivity contribution in [3.05, 3.63) is 142 Å². The summed E-state index contributed by atoms with van der Waals surface area (Å²) in [6.45, 7) is 8.23. The second-order valence-corrected chi connectivity index (χ2v) is 9.27. The van der Waals surface area contributed by atoms with Crippen molar-refractivity contribution in [2.24, 2.45) is 4.99 Å². The maximum absolute atomic E-state index is 13.3. The number of nitrogens with one attached hydrogen (secondary N) is 1. The Morgan fingerprint density at radius 3 is 1.57 bits per heavy atom. The normalized spacial score (nSPS) is 12.9. The predicted octanol–water partition coefficient (Wildman–Crippen LogP) is 7.25. The summed E-state index contributed by atoms with van der Waals surface area (Å²) < 4.78 is 0. The molecule has 1 amide bonds. The smallest absolute Gasteiger partial charge is 0.251 e. The van der Waals surface area contributed by atoms with Crippen LogP contribution in [0.1, 0.15) is 61.4 Å². The van der Waals surface area contributed by atoms with Gasteiger partial charge in [0.15, 0.2) is 0 Å². The number of aryl methyl sites for hydroxylation is 4. The molecule has 2 unspecified atom stereocenters. The SMILES string of the molecule is Cc1ccc(C=NC(c2ccc(C)cc2)C(NC(=O)c2ccc(C)cc2)c2ccc(C)cc2)cc1.